The first-order chi connectivity index (χ1) is 19.2. The van der Waals surface area contributed by atoms with Gasteiger partial charge < -0.3 is 14.7 Å². The number of aromatic nitrogens is 2. The van der Waals surface area contributed by atoms with Gasteiger partial charge in [-0.3, -0.25) is 18.8 Å². The summed E-state index contributed by atoms with van der Waals surface area (Å²) >= 11 is 0. The highest BCUT2D eigenvalue weighted by atomic mass is 32.2. The molecule has 0 amide bonds. The van der Waals surface area contributed by atoms with E-state index in [1.54, 1.807) is 34.9 Å². The molecule has 3 rings (SSSR count). The summed E-state index contributed by atoms with van der Waals surface area (Å²) in [5, 5.41) is 11.1. The maximum Gasteiger partial charge on any atom is 0.333 e. The van der Waals surface area contributed by atoms with Crippen LogP contribution in [0.4, 0.5) is 5.82 Å². The molecule has 0 bridgehead atoms. The number of aliphatic hydroxyl groups is 1. The van der Waals surface area contributed by atoms with E-state index in [0.717, 1.165) is 12.8 Å². The number of aliphatic hydroxyl groups excluding tert-OH is 1. The predicted octanol–water partition coefficient (Wildman–Crippen LogP) is 3.48. The van der Waals surface area contributed by atoms with E-state index in [2.05, 4.69) is 9.80 Å². The predicted molar refractivity (Wildman–Crippen MR) is 163 cm³/mol. The van der Waals surface area contributed by atoms with Crippen molar-refractivity contribution in [2.45, 2.75) is 96.4 Å². The molecule has 0 spiro atoms. The number of hydrogen-bond donors (Lipinski definition) is 1. The molecule has 1 aromatic heterocycles. The highest BCUT2D eigenvalue weighted by molar-refractivity contribution is 7.91. The van der Waals surface area contributed by atoms with Gasteiger partial charge in [-0.2, -0.15) is 0 Å². The average Bonchev–Trinajstić information content (AvgIpc) is 2.88. The van der Waals surface area contributed by atoms with Crippen molar-refractivity contribution in [3.05, 3.63) is 51.2 Å². The lowest BCUT2D eigenvalue weighted by atomic mass is 10.0. The van der Waals surface area contributed by atoms with Crippen molar-refractivity contribution in [3.63, 3.8) is 0 Å². The molecule has 1 atom stereocenters. The fourth-order valence-corrected chi connectivity index (χ4v) is 6.50. The number of anilines is 1. The Morgan fingerprint density at radius 3 is 2.05 bits per heavy atom. The molecule has 0 radical (unpaired) electrons. The molecule has 1 fully saturated rings. The van der Waals surface area contributed by atoms with Gasteiger partial charge in [0.25, 0.3) is 5.56 Å². The third-order valence-electron chi connectivity index (χ3n) is 7.69. The molecule has 0 saturated carbocycles. The van der Waals surface area contributed by atoms with Crippen LogP contribution in [-0.4, -0.2) is 77.7 Å². The Morgan fingerprint density at radius 1 is 0.927 bits per heavy atom. The quantitative estimate of drug-likeness (QED) is 0.352. The van der Waals surface area contributed by atoms with Gasteiger partial charge >= 0.3 is 5.69 Å². The lowest BCUT2D eigenvalue weighted by Crippen LogP contribution is -2.54. The molecule has 10 nitrogen and oxygen atoms in total. The van der Waals surface area contributed by atoms with Crippen molar-refractivity contribution in [1.82, 2.24) is 14.0 Å². The molecule has 1 aromatic carbocycles. The number of hydrogen-bond acceptors (Lipinski definition) is 8. The first kappa shape index (κ1) is 32.9. The van der Waals surface area contributed by atoms with Crippen LogP contribution in [0.2, 0.25) is 0 Å². The van der Waals surface area contributed by atoms with Gasteiger partial charge in [-0.05, 0) is 72.2 Å². The average molecular weight is 593 g/mol. The number of β-amino-alcohol motifs (C(OH)–C–C–N with tert-alkyl or cyclic N) is 1. The fraction of sp³-hybridized carbons (Fsp3) is 0.667. The monoisotopic (exact) mass is 592 g/mol. The van der Waals surface area contributed by atoms with Gasteiger partial charge in [0.05, 0.1) is 10.6 Å². The van der Waals surface area contributed by atoms with Crippen LogP contribution >= 0.6 is 0 Å². The largest absolute Gasteiger partial charge is 0.485 e. The van der Waals surface area contributed by atoms with Crippen LogP contribution in [0.3, 0.4) is 0 Å². The Morgan fingerprint density at radius 2 is 1.51 bits per heavy atom. The first-order valence-corrected chi connectivity index (χ1v) is 16.4. The molecule has 1 aliphatic rings. The fourth-order valence-electron chi connectivity index (χ4n) is 5.13. The van der Waals surface area contributed by atoms with E-state index in [9.17, 15) is 23.1 Å². The topological polar surface area (TPSA) is 114 Å². The van der Waals surface area contributed by atoms with Crippen molar-refractivity contribution in [2.24, 2.45) is 0 Å². The van der Waals surface area contributed by atoms with E-state index in [1.165, 1.54) is 4.57 Å². The standard InChI is InChI=1S/C30H48N4O6S/c1-8-9-10-19-41(38,39)25-13-11-24(12-14-25)40-30(6,7)26(35)21-31-15-17-32(18-16-31)27-20-28(36)34(23(4)5)29(37)33(27)22(2)3/h11-14,20,22-23,26,35H,8-10,15-19,21H2,1-7H3. The maximum absolute atomic E-state index is 13.1. The van der Waals surface area contributed by atoms with Gasteiger partial charge in [0.2, 0.25) is 0 Å². The third-order valence-corrected chi connectivity index (χ3v) is 9.51. The SMILES string of the molecule is CCCCCS(=O)(=O)c1ccc(OC(C)(C)C(O)CN2CCN(c3cc(=O)n(C(C)C)c(=O)n3C(C)C)CC2)cc1. The molecule has 41 heavy (non-hydrogen) atoms. The Bertz CT molecular complexity index is 1370. The van der Waals surface area contributed by atoms with E-state index in [4.69, 9.17) is 4.74 Å². The van der Waals surface area contributed by atoms with Crippen molar-refractivity contribution >= 4 is 15.7 Å². The van der Waals surface area contributed by atoms with Crippen LogP contribution in [0.15, 0.2) is 44.8 Å². The summed E-state index contributed by atoms with van der Waals surface area (Å²) in [7, 11) is -3.32. The van der Waals surface area contributed by atoms with E-state index in [1.807, 2.05) is 48.5 Å². The molecule has 230 valence electrons. The second-order valence-electron chi connectivity index (χ2n) is 12.1. The Labute approximate surface area is 244 Å². The number of nitrogens with zero attached hydrogens (tertiary/aromatic N) is 4. The summed E-state index contributed by atoms with van der Waals surface area (Å²) in [5.41, 5.74) is -1.51. The number of unbranched alkanes of at least 4 members (excludes halogenated alkanes) is 2. The number of piperazine rings is 1. The van der Waals surface area contributed by atoms with Crippen LogP contribution in [0.1, 0.15) is 79.8 Å². The minimum Gasteiger partial charge on any atom is -0.485 e. The summed E-state index contributed by atoms with van der Waals surface area (Å²) in [6.07, 6.45) is 1.68. The number of rotatable bonds is 13. The van der Waals surface area contributed by atoms with Crippen molar-refractivity contribution in [3.8, 4) is 5.75 Å². The lowest BCUT2D eigenvalue weighted by molar-refractivity contribution is -0.0450. The highest BCUT2D eigenvalue weighted by Crippen LogP contribution is 2.25. The molecular weight excluding hydrogens is 544 g/mol. The first-order valence-electron chi connectivity index (χ1n) is 14.7. The molecule has 2 heterocycles. The van der Waals surface area contributed by atoms with Gasteiger partial charge in [0.15, 0.2) is 9.84 Å². The van der Waals surface area contributed by atoms with Crippen LogP contribution in [0.25, 0.3) is 0 Å². The molecule has 1 saturated heterocycles. The zero-order valence-electron chi connectivity index (χ0n) is 25.7. The Kier molecular flexibility index (Phi) is 10.9. The summed E-state index contributed by atoms with van der Waals surface area (Å²) < 4.78 is 34.2. The molecule has 11 heteroatoms. The summed E-state index contributed by atoms with van der Waals surface area (Å²) in [4.78, 5) is 30.4. The number of benzene rings is 1. The molecule has 2 aromatic rings. The zero-order valence-corrected chi connectivity index (χ0v) is 26.5. The minimum absolute atomic E-state index is 0.101. The van der Waals surface area contributed by atoms with Gasteiger partial charge in [-0.1, -0.05) is 19.8 Å². The van der Waals surface area contributed by atoms with Crippen LogP contribution in [-0.2, 0) is 9.84 Å². The molecule has 1 unspecified atom stereocenters. The number of sulfone groups is 1. The maximum atomic E-state index is 13.1. The Hall–Kier alpha value is -2.63. The number of ether oxygens (including phenoxy) is 1. The van der Waals surface area contributed by atoms with Gasteiger partial charge in [0, 0.05) is 50.9 Å². The second kappa shape index (κ2) is 13.6. The molecule has 1 aliphatic heterocycles. The van der Waals surface area contributed by atoms with E-state index < -0.39 is 21.5 Å². The third kappa shape index (κ3) is 8.02. The van der Waals surface area contributed by atoms with Gasteiger partial charge in [-0.25, -0.2) is 13.2 Å². The van der Waals surface area contributed by atoms with Gasteiger partial charge in [0.1, 0.15) is 23.3 Å². The van der Waals surface area contributed by atoms with Crippen LogP contribution < -0.4 is 20.9 Å². The summed E-state index contributed by atoms with van der Waals surface area (Å²) in [6, 6.07) is 7.65. The van der Waals surface area contributed by atoms with Crippen LogP contribution in [0.5, 0.6) is 5.75 Å². The molecular formula is C30H48N4O6S. The highest BCUT2D eigenvalue weighted by Gasteiger charge is 2.33. The smallest absolute Gasteiger partial charge is 0.333 e. The second-order valence-corrected chi connectivity index (χ2v) is 14.2. The van der Waals surface area contributed by atoms with E-state index in [0.29, 0.717) is 50.7 Å². The summed E-state index contributed by atoms with van der Waals surface area (Å²) in [5.74, 6) is 1.26. The van der Waals surface area contributed by atoms with Crippen molar-refractivity contribution in [1.29, 1.82) is 0 Å². The van der Waals surface area contributed by atoms with Crippen molar-refractivity contribution < 1.29 is 18.3 Å². The summed E-state index contributed by atoms with van der Waals surface area (Å²) in [6.45, 7) is 16.1. The van der Waals surface area contributed by atoms with Crippen LogP contribution in [0, 0.1) is 0 Å². The minimum atomic E-state index is -3.32. The Balaban J connectivity index is 1.62. The zero-order chi connectivity index (χ0) is 30.5. The van der Waals surface area contributed by atoms with E-state index >= 15 is 0 Å². The van der Waals surface area contributed by atoms with Crippen molar-refractivity contribution in [2.75, 3.05) is 43.4 Å². The van der Waals surface area contributed by atoms with Gasteiger partial charge in [-0.15, -0.1) is 0 Å². The normalized spacial score (nSPS) is 16.0. The molecule has 0 aliphatic carbocycles. The molecule has 1 N–H and O–H groups in total. The lowest BCUT2D eigenvalue weighted by Gasteiger charge is -2.40. The van der Waals surface area contributed by atoms with E-state index in [-0.39, 0.29) is 34.0 Å².